The van der Waals surface area contributed by atoms with Gasteiger partial charge >= 0.3 is 0 Å². The Kier molecular flexibility index (Phi) is 2.50. The highest BCUT2D eigenvalue weighted by molar-refractivity contribution is 5.90. The van der Waals surface area contributed by atoms with Crippen LogP contribution in [0.1, 0.15) is 16.7 Å². The highest BCUT2D eigenvalue weighted by Gasteiger charge is 2.09. The highest BCUT2D eigenvalue weighted by atomic mass is 16.3. The fourth-order valence-corrected chi connectivity index (χ4v) is 2.01. The molecule has 0 bridgehead atoms. The van der Waals surface area contributed by atoms with Gasteiger partial charge in [0.15, 0.2) is 0 Å². The standard InChI is InChI=1S/C13H13NO3/c1-6-4-7(2)11-9(15)5-10(16)13(17)14-12(11)8(6)3/h4-5,15H,1-3H3,(H,14,16,17). The Morgan fingerprint density at radius 2 is 1.71 bits per heavy atom. The molecule has 0 saturated carbocycles. The van der Waals surface area contributed by atoms with Crippen LogP contribution in [0, 0.1) is 20.8 Å². The van der Waals surface area contributed by atoms with Crippen molar-refractivity contribution < 1.29 is 5.11 Å². The molecule has 1 aromatic heterocycles. The van der Waals surface area contributed by atoms with Crippen LogP contribution in [0.5, 0.6) is 5.75 Å². The Bertz CT molecular complexity index is 729. The lowest BCUT2D eigenvalue weighted by Crippen LogP contribution is -2.22. The van der Waals surface area contributed by atoms with Crippen molar-refractivity contribution in [3.05, 3.63) is 49.4 Å². The van der Waals surface area contributed by atoms with Crippen LogP contribution >= 0.6 is 0 Å². The molecule has 1 aromatic carbocycles. The van der Waals surface area contributed by atoms with E-state index in [1.807, 2.05) is 26.8 Å². The quantitative estimate of drug-likeness (QED) is 0.675. The molecule has 0 atom stereocenters. The number of H-pyrrole nitrogens is 1. The fourth-order valence-electron chi connectivity index (χ4n) is 2.01. The van der Waals surface area contributed by atoms with Gasteiger partial charge in [-0.25, -0.2) is 0 Å². The van der Waals surface area contributed by atoms with Gasteiger partial charge in [-0.1, -0.05) is 6.07 Å². The second-order valence-electron chi connectivity index (χ2n) is 4.23. The number of nitrogens with one attached hydrogen (secondary N) is 1. The minimum atomic E-state index is -0.741. The number of aromatic hydroxyl groups is 1. The summed E-state index contributed by atoms with van der Waals surface area (Å²) in [7, 11) is 0. The topological polar surface area (TPSA) is 70.2 Å². The first-order chi connectivity index (χ1) is 7.91. The fraction of sp³-hybridized carbons (Fsp3) is 0.231. The molecule has 0 fully saturated rings. The van der Waals surface area contributed by atoms with E-state index in [2.05, 4.69) is 4.98 Å². The van der Waals surface area contributed by atoms with E-state index in [0.717, 1.165) is 22.8 Å². The summed E-state index contributed by atoms with van der Waals surface area (Å²) in [5, 5.41) is 10.4. The van der Waals surface area contributed by atoms with E-state index in [4.69, 9.17) is 0 Å². The van der Waals surface area contributed by atoms with E-state index in [-0.39, 0.29) is 5.75 Å². The summed E-state index contributed by atoms with van der Waals surface area (Å²) in [6, 6.07) is 2.88. The van der Waals surface area contributed by atoms with Crippen molar-refractivity contribution in [3.63, 3.8) is 0 Å². The lowest BCUT2D eigenvalue weighted by atomic mass is 10.0. The molecule has 17 heavy (non-hydrogen) atoms. The summed E-state index contributed by atoms with van der Waals surface area (Å²) in [5.41, 5.74) is 1.75. The van der Waals surface area contributed by atoms with E-state index in [1.165, 1.54) is 0 Å². The molecular weight excluding hydrogens is 218 g/mol. The molecule has 4 nitrogen and oxygen atoms in total. The summed E-state index contributed by atoms with van der Waals surface area (Å²) in [4.78, 5) is 25.4. The number of aromatic amines is 1. The molecule has 2 aromatic rings. The largest absolute Gasteiger partial charge is 0.507 e. The normalized spacial score (nSPS) is 10.8. The highest BCUT2D eigenvalue weighted by Crippen LogP contribution is 2.28. The Hall–Kier alpha value is -2.10. The smallest absolute Gasteiger partial charge is 0.296 e. The van der Waals surface area contributed by atoms with Crippen LogP contribution in [-0.4, -0.2) is 10.1 Å². The molecule has 1 heterocycles. The van der Waals surface area contributed by atoms with E-state index in [1.54, 1.807) is 0 Å². The SMILES string of the molecule is Cc1cc(C)c2c(O)cc(=O)c(=O)[nH]c2c1C. The summed E-state index contributed by atoms with van der Waals surface area (Å²) < 4.78 is 0. The van der Waals surface area contributed by atoms with Gasteiger partial charge in [0, 0.05) is 11.5 Å². The Labute approximate surface area is 97.6 Å². The van der Waals surface area contributed by atoms with Crippen LogP contribution in [0.4, 0.5) is 0 Å². The second-order valence-corrected chi connectivity index (χ2v) is 4.23. The third-order valence-corrected chi connectivity index (χ3v) is 3.03. The van der Waals surface area contributed by atoms with Crippen molar-refractivity contribution in [1.82, 2.24) is 4.98 Å². The maximum atomic E-state index is 11.5. The maximum absolute atomic E-state index is 11.5. The average Bonchev–Trinajstić information content (AvgIpc) is 2.34. The molecule has 88 valence electrons. The van der Waals surface area contributed by atoms with Gasteiger partial charge < -0.3 is 10.1 Å². The molecular formula is C13H13NO3. The molecule has 0 amide bonds. The lowest BCUT2D eigenvalue weighted by Gasteiger charge is -2.07. The van der Waals surface area contributed by atoms with Crippen molar-refractivity contribution in [2.24, 2.45) is 0 Å². The number of rotatable bonds is 0. The van der Waals surface area contributed by atoms with Gasteiger partial charge in [0.25, 0.3) is 5.56 Å². The molecule has 0 aliphatic rings. The second kappa shape index (κ2) is 3.73. The number of aromatic nitrogens is 1. The van der Waals surface area contributed by atoms with Crippen molar-refractivity contribution in [2.45, 2.75) is 20.8 Å². The molecule has 0 aliphatic heterocycles. The van der Waals surface area contributed by atoms with Gasteiger partial charge in [0.05, 0.1) is 5.52 Å². The van der Waals surface area contributed by atoms with Crippen LogP contribution in [0.25, 0.3) is 10.9 Å². The van der Waals surface area contributed by atoms with E-state index < -0.39 is 11.0 Å². The summed E-state index contributed by atoms with van der Waals surface area (Å²) in [6.45, 7) is 5.59. The van der Waals surface area contributed by atoms with Crippen LogP contribution in [0.15, 0.2) is 21.7 Å². The van der Waals surface area contributed by atoms with Crippen LogP contribution in [-0.2, 0) is 0 Å². The molecule has 4 heteroatoms. The Morgan fingerprint density at radius 1 is 1.06 bits per heavy atom. The van der Waals surface area contributed by atoms with Gasteiger partial charge in [0.2, 0.25) is 5.43 Å². The van der Waals surface area contributed by atoms with Gasteiger partial charge in [-0.05, 0) is 37.5 Å². The van der Waals surface area contributed by atoms with Crippen molar-refractivity contribution in [2.75, 3.05) is 0 Å². The number of hydrogen-bond donors (Lipinski definition) is 2. The van der Waals surface area contributed by atoms with Crippen LogP contribution in [0.3, 0.4) is 0 Å². The van der Waals surface area contributed by atoms with Crippen molar-refractivity contribution in [3.8, 4) is 5.75 Å². The van der Waals surface area contributed by atoms with E-state index in [0.29, 0.717) is 10.9 Å². The molecule has 0 radical (unpaired) electrons. The maximum Gasteiger partial charge on any atom is 0.296 e. The minimum Gasteiger partial charge on any atom is -0.507 e. The van der Waals surface area contributed by atoms with Crippen molar-refractivity contribution in [1.29, 1.82) is 0 Å². The van der Waals surface area contributed by atoms with Gasteiger partial charge in [-0.15, -0.1) is 0 Å². The number of aryl methyl sites for hydroxylation is 3. The molecule has 0 saturated heterocycles. The lowest BCUT2D eigenvalue weighted by molar-refractivity contribution is 0.481. The van der Waals surface area contributed by atoms with Crippen LogP contribution in [0.2, 0.25) is 0 Å². The predicted octanol–water partition coefficient (Wildman–Crippen LogP) is 1.52. The summed E-state index contributed by atoms with van der Waals surface area (Å²) >= 11 is 0. The monoisotopic (exact) mass is 231 g/mol. The Morgan fingerprint density at radius 3 is 2.35 bits per heavy atom. The molecule has 0 aliphatic carbocycles. The summed E-state index contributed by atoms with van der Waals surface area (Å²) in [5.74, 6) is -0.163. The van der Waals surface area contributed by atoms with E-state index in [9.17, 15) is 14.7 Å². The number of hydrogen-bond acceptors (Lipinski definition) is 3. The molecule has 2 N–H and O–H groups in total. The first kappa shape index (κ1) is 11.4. The first-order valence-corrected chi connectivity index (χ1v) is 5.29. The first-order valence-electron chi connectivity index (χ1n) is 5.29. The van der Waals surface area contributed by atoms with Gasteiger partial charge in [0.1, 0.15) is 5.75 Å². The zero-order valence-electron chi connectivity index (χ0n) is 9.92. The zero-order valence-corrected chi connectivity index (χ0v) is 9.92. The Balaban J connectivity index is 3.24. The van der Waals surface area contributed by atoms with Gasteiger partial charge in [-0.2, -0.15) is 0 Å². The van der Waals surface area contributed by atoms with Crippen LogP contribution < -0.4 is 11.0 Å². The third kappa shape index (κ3) is 1.71. The van der Waals surface area contributed by atoms with E-state index >= 15 is 0 Å². The number of benzene rings is 1. The molecule has 2 rings (SSSR count). The van der Waals surface area contributed by atoms with Gasteiger partial charge in [-0.3, -0.25) is 9.59 Å². The predicted molar refractivity (Wildman–Crippen MR) is 66.7 cm³/mol. The molecule has 0 unspecified atom stereocenters. The van der Waals surface area contributed by atoms with Crippen molar-refractivity contribution >= 4 is 10.9 Å². The number of fused-ring (bicyclic) bond motifs is 1. The minimum absolute atomic E-state index is 0.163. The summed E-state index contributed by atoms with van der Waals surface area (Å²) in [6.07, 6.45) is 0. The molecule has 0 spiro atoms. The zero-order chi connectivity index (χ0) is 12.7. The third-order valence-electron chi connectivity index (χ3n) is 3.03. The average molecular weight is 231 g/mol.